The molecule has 0 spiro atoms. The van der Waals surface area contributed by atoms with Crippen molar-refractivity contribution in [1.29, 1.82) is 0 Å². The lowest BCUT2D eigenvalue weighted by molar-refractivity contribution is 1.08. The van der Waals surface area contributed by atoms with Gasteiger partial charge in [-0.25, -0.2) is 15.0 Å². The Labute approximate surface area is 324 Å². The molecule has 0 amide bonds. The highest BCUT2D eigenvalue weighted by molar-refractivity contribution is 6.22. The monoisotopic (exact) mass is 711 g/mol. The summed E-state index contributed by atoms with van der Waals surface area (Å²) in [7, 11) is 0. The van der Waals surface area contributed by atoms with E-state index in [1.165, 1.54) is 32.8 Å². The molecule has 0 aliphatic heterocycles. The highest BCUT2D eigenvalue weighted by Gasteiger charge is 2.23. The summed E-state index contributed by atoms with van der Waals surface area (Å²) in [4.78, 5) is 16.2. The SMILES string of the molecule is c1ccc(-c2ccc3c(-c4nc(-c5ccccc5)nc(-c5c6ccccc6cc6c5ccc5ccccc56)n4)c4ccccc4c(-c4ccccc4)c3c2)cc1. The molecule has 11 rings (SSSR count). The van der Waals surface area contributed by atoms with E-state index in [9.17, 15) is 0 Å². The predicted octanol–water partition coefficient (Wildman–Crippen LogP) is 14.0. The van der Waals surface area contributed by atoms with Crippen LogP contribution in [0.25, 0.3) is 110 Å². The molecule has 1 heterocycles. The van der Waals surface area contributed by atoms with Crippen molar-refractivity contribution < 1.29 is 0 Å². The molecule has 3 nitrogen and oxygen atoms in total. The van der Waals surface area contributed by atoms with E-state index < -0.39 is 0 Å². The lowest BCUT2D eigenvalue weighted by Crippen LogP contribution is -2.02. The summed E-state index contributed by atoms with van der Waals surface area (Å²) in [5, 5.41) is 11.4. The number of hydrogen-bond donors (Lipinski definition) is 0. The van der Waals surface area contributed by atoms with Gasteiger partial charge in [-0.2, -0.15) is 0 Å². The van der Waals surface area contributed by atoms with E-state index >= 15 is 0 Å². The fraction of sp³-hybridized carbons (Fsp3) is 0. The van der Waals surface area contributed by atoms with Crippen LogP contribution in [0.4, 0.5) is 0 Å². The first kappa shape index (κ1) is 32.0. The number of hydrogen-bond acceptors (Lipinski definition) is 3. The molecule has 11 aromatic rings. The molecule has 0 atom stereocenters. The Morgan fingerprint density at radius 2 is 0.679 bits per heavy atom. The summed E-state index contributed by atoms with van der Waals surface area (Å²) >= 11 is 0. The molecule has 260 valence electrons. The van der Waals surface area contributed by atoms with Gasteiger partial charge in [0.1, 0.15) is 0 Å². The molecule has 3 heteroatoms. The van der Waals surface area contributed by atoms with E-state index in [1.54, 1.807) is 0 Å². The van der Waals surface area contributed by atoms with E-state index in [4.69, 9.17) is 15.0 Å². The Bertz CT molecular complexity index is 3280. The second-order valence-electron chi connectivity index (χ2n) is 14.3. The van der Waals surface area contributed by atoms with Gasteiger partial charge in [0.25, 0.3) is 0 Å². The summed E-state index contributed by atoms with van der Waals surface area (Å²) in [5.74, 6) is 1.93. The Balaban J connectivity index is 1.28. The van der Waals surface area contributed by atoms with Crippen molar-refractivity contribution in [2.45, 2.75) is 0 Å². The molecule has 0 unspecified atom stereocenters. The largest absolute Gasteiger partial charge is 0.208 e. The molecule has 0 saturated heterocycles. The number of nitrogens with zero attached hydrogens (tertiary/aromatic N) is 3. The van der Waals surface area contributed by atoms with Gasteiger partial charge >= 0.3 is 0 Å². The van der Waals surface area contributed by atoms with Crippen LogP contribution >= 0.6 is 0 Å². The number of benzene rings is 10. The van der Waals surface area contributed by atoms with Gasteiger partial charge in [-0.1, -0.05) is 188 Å². The normalized spacial score (nSPS) is 11.6. The summed E-state index contributed by atoms with van der Waals surface area (Å²) in [5.41, 5.74) is 7.63. The molecule has 10 aromatic carbocycles. The zero-order chi connectivity index (χ0) is 37.0. The highest BCUT2D eigenvalue weighted by atomic mass is 15.0. The van der Waals surface area contributed by atoms with Crippen molar-refractivity contribution >= 4 is 53.9 Å². The van der Waals surface area contributed by atoms with Crippen LogP contribution in [0.3, 0.4) is 0 Å². The van der Waals surface area contributed by atoms with Gasteiger partial charge in [-0.3, -0.25) is 0 Å². The van der Waals surface area contributed by atoms with Crippen LogP contribution < -0.4 is 0 Å². The third kappa shape index (κ3) is 5.25. The molecular weight excluding hydrogens is 679 g/mol. The minimum Gasteiger partial charge on any atom is -0.208 e. The van der Waals surface area contributed by atoms with Crippen LogP contribution in [0.1, 0.15) is 0 Å². The summed E-state index contributed by atoms with van der Waals surface area (Å²) < 4.78 is 0. The van der Waals surface area contributed by atoms with Gasteiger partial charge in [0.15, 0.2) is 17.5 Å². The van der Waals surface area contributed by atoms with Gasteiger partial charge < -0.3 is 0 Å². The quantitative estimate of drug-likeness (QED) is 0.132. The van der Waals surface area contributed by atoms with Crippen molar-refractivity contribution in [3.63, 3.8) is 0 Å². The summed E-state index contributed by atoms with van der Waals surface area (Å²) in [6.45, 7) is 0. The van der Waals surface area contributed by atoms with Crippen molar-refractivity contribution in [1.82, 2.24) is 15.0 Å². The van der Waals surface area contributed by atoms with Crippen LogP contribution in [0.2, 0.25) is 0 Å². The fourth-order valence-electron chi connectivity index (χ4n) is 8.52. The standard InChI is InChI=1S/C53H33N3/c1-4-16-34(17-5-1)38-29-31-45-47(32-38)48(36-19-6-2-7-20-36)42-26-14-15-27-43(42)50(45)53-55-51(37-21-8-3-9-22-37)54-52(56-53)49-41-25-13-11-23-39(41)33-46-40-24-12-10-18-35(40)28-30-44(46)49/h1-33H. The first-order chi connectivity index (χ1) is 27.8. The van der Waals surface area contributed by atoms with Gasteiger partial charge in [-0.05, 0) is 88.2 Å². The van der Waals surface area contributed by atoms with Crippen LogP contribution in [0.5, 0.6) is 0 Å². The van der Waals surface area contributed by atoms with E-state index in [2.05, 4.69) is 182 Å². The third-order valence-electron chi connectivity index (χ3n) is 11.1. The zero-order valence-electron chi connectivity index (χ0n) is 30.4. The van der Waals surface area contributed by atoms with Crippen molar-refractivity contribution in [2.24, 2.45) is 0 Å². The number of fused-ring (bicyclic) bond motifs is 6. The van der Waals surface area contributed by atoms with Crippen LogP contribution in [0, 0.1) is 0 Å². The number of rotatable bonds is 5. The van der Waals surface area contributed by atoms with Crippen molar-refractivity contribution in [3.8, 4) is 56.4 Å². The average molecular weight is 712 g/mol. The fourth-order valence-corrected chi connectivity index (χ4v) is 8.52. The van der Waals surface area contributed by atoms with Crippen LogP contribution in [0.15, 0.2) is 200 Å². The molecule has 0 aliphatic carbocycles. The molecule has 0 bridgehead atoms. The highest BCUT2D eigenvalue weighted by Crippen LogP contribution is 2.45. The van der Waals surface area contributed by atoms with Gasteiger partial charge in [0.05, 0.1) is 0 Å². The second kappa shape index (κ2) is 13.1. The van der Waals surface area contributed by atoms with Crippen LogP contribution in [-0.4, -0.2) is 15.0 Å². The number of aromatic nitrogens is 3. The zero-order valence-corrected chi connectivity index (χ0v) is 30.4. The predicted molar refractivity (Wildman–Crippen MR) is 235 cm³/mol. The molecule has 0 N–H and O–H groups in total. The van der Waals surface area contributed by atoms with Gasteiger partial charge in [-0.15, -0.1) is 0 Å². The first-order valence-electron chi connectivity index (χ1n) is 19.0. The molecule has 0 aliphatic rings. The molecule has 0 fully saturated rings. The maximum absolute atomic E-state index is 5.54. The van der Waals surface area contributed by atoms with E-state index in [0.29, 0.717) is 17.5 Å². The molecule has 56 heavy (non-hydrogen) atoms. The molecule has 1 aromatic heterocycles. The Kier molecular flexibility index (Phi) is 7.49. The smallest absolute Gasteiger partial charge is 0.165 e. The topological polar surface area (TPSA) is 38.7 Å². The first-order valence-corrected chi connectivity index (χ1v) is 19.0. The molecule has 0 saturated carbocycles. The van der Waals surface area contributed by atoms with E-state index in [-0.39, 0.29) is 0 Å². The Morgan fingerprint density at radius 3 is 1.38 bits per heavy atom. The van der Waals surface area contributed by atoms with Gasteiger partial charge in [0.2, 0.25) is 0 Å². The second-order valence-corrected chi connectivity index (χ2v) is 14.3. The van der Waals surface area contributed by atoms with E-state index in [0.717, 1.165) is 60.0 Å². The van der Waals surface area contributed by atoms with Crippen molar-refractivity contribution in [3.05, 3.63) is 200 Å². The van der Waals surface area contributed by atoms with Crippen molar-refractivity contribution in [2.75, 3.05) is 0 Å². The van der Waals surface area contributed by atoms with Gasteiger partial charge in [0, 0.05) is 16.7 Å². The summed E-state index contributed by atoms with van der Waals surface area (Å²) in [6.07, 6.45) is 0. The van der Waals surface area contributed by atoms with E-state index in [1.807, 2.05) is 18.2 Å². The summed E-state index contributed by atoms with van der Waals surface area (Å²) in [6, 6.07) is 71.1. The Hall–Kier alpha value is -7.49. The minimum absolute atomic E-state index is 0.637. The van der Waals surface area contributed by atoms with Crippen LogP contribution in [-0.2, 0) is 0 Å². The maximum Gasteiger partial charge on any atom is 0.165 e. The lowest BCUT2D eigenvalue weighted by atomic mass is 9.86. The molecule has 0 radical (unpaired) electrons. The average Bonchev–Trinajstić information content (AvgIpc) is 3.28. The Morgan fingerprint density at radius 1 is 0.214 bits per heavy atom. The minimum atomic E-state index is 0.637. The molecular formula is C53H33N3. The lowest BCUT2D eigenvalue weighted by Gasteiger charge is -2.19. The third-order valence-corrected chi connectivity index (χ3v) is 11.1. The maximum atomic E-state index is 5.54.